The second-order valence-electron chi connectivity index (χ2n) is 9.89. The van der Waals surface area contributed by atoms with Crippen molar-refractivity contribution < 1.29 is 18.8 Å². The number of halogens is 1. The quantitative estimate of drug-likeness (QED) is 0.653. The van der Waals surface area contributed by atoms with E-state index in [0.717, 1.165) is 25.8 Å². The SMILES string of the molecule is CC1CCC(F)C2CC(C=O)ONC12.CNC1CCCC(N2CCN(C)C(=O)C2C)C1. The molecule has 4 rings (SSSR count). The molecule has 31 heavy (non-hydrogen) atoms. The molecule has 0 spiro atoms. The summed E-state index contributed by atoms with van der Waals surface area (Å²) in [5, 5.41) is 3.39. The number of aldehydes is 1. The summed E-state index contributed by atoms with van der Waals surface area (Å²) < 4.78 is 13.6. The number of likely N-dealkylation sites (N-methyl/N-ethyl adjacent to an activating group) is 1. The Bertz CT molecular complexity index is 609. The van der Waals surface area contributed by atoms with Gasteiger partial charge in [-0.1, -0.05) is 13.3 Å². The van der Waals surface area contributed by atoms with Gasteiger partial charge in [-0.15, -0.1) is 0 Å². The Hall–Kier alpha value is -1.09. The Balaban J connectivity index is 0.000000179. The molecule has 8 atom stereocenters. The average Bonchev–Trinajstić information content (AvgIpc) is 2.80. The highest BCUT2D eigenvalue weighted by Crippen LogP contribution is 2.36. The van der Waals surface area contributed by atoms with Crippen LogP contribution in [0.5, 0.6) is 0 Å². The first-order valence-corrected chi connectivity index (χ1v) is 12.0. The van der Waals surface area contributed by atoms with Gasteiger partial charge < -0.3 is 15.0 Å². The van der Waals surface area contributed by atoms with E-state index in [-0.39, 0.29) is 23.9 Å². The molecule has 4 aliphatic rings. The van der Waals surface area contributed by atoms with Gasteiger partial charge in [-0.2, -0.15) is 5.48 Å². The van der Waals surface area contributed by atoms with Crippen molar-refractivity contribution in [3.8, 4) is 0 Å². The van der Waals surface area contributed by atoms with Gasteiger partial charge in [0.05, 0.1) is 6.04 Å². The zero-order valence-electron chi connectivity index (χ0n) is 19.6. The average molecular weight is 441 g/mol. The van der Waals surface area contributed by atoms with Crippen LogP contribution in [0.3, 0.4) is 0 Å². The summed E-state index contributed by atoms with van der Waals surface area (Å²) in [6.45, 7) is 6.07. The number of hydroxylamine groups is 1. The van der Waals surface area contributed by atoms with E-state index in [2.05, 4.69) is 29.5 Å². The van der Waals surface area contributed by atoms with Gasteiger partial charge in [-0.05, 0) is 58.4 Å². The minimum absolute atomic E-state index is 0.0531. The lowest BCUT2D eigenvalue weighted by Crippen LogP contribution is -2.59. The first kappa shape index (κ1) is 24.6. The van der Waals surface area contributed by atoms with Gasteiger partial charge in [0.1, 0.15) is 12.3 Å². The normalized spacial score (nSPS) is 41.7. The molecule has 0 radical (unpaired) electrons. The third kappa shape index (κ3) is 5.83. The molecule has 0 aromatic carbocycles. The lowest BCUT2D eigenvalue weighted by atomic mass is 9.74. The summed E-state index contributed by atoms with van der Waals surface area (Å²) >= 11 is 0. The predicted octanol–water partition coefficient (Wildman–Crippen LogP) is 1.91. The summed E-state index contributed by atoms with van der Waals surface area (Å²) in [7, 11) is 3.96. The number of carbonyl (C=O) groups is 2. The highest BCUT2D eigenvalue weighted by Gasteiger charge is 2.42. The topological polar surface area (TPSA) is 73.9 Å². The number of nitrogens with one attached hydrogen (secondary N) is 2. The van der Waals surface area contributed by atoms with Crippen LogP contribution >= 0.6 is 0 Å². The van der Waals surface area contributed by atoms with Crippen molar-refractivity contribution in [2.75, 3.05) is 27.2 Å². The van der Waals surface area contributed by atoms with E-state index in [9.17, 15) is 14.0 Å². The van der Waals surface area contributed by atoms with Crippen molar-refractivity contribution in [3.05, 3.63) is 0 Å². The molecule has 2 heterocycles. The molecule has 2 saturated heterocycles. The third-order valence-electron chi connectivity index (χ3n) is 7.90. The van der Waals surface area contributed by atoms with Gasteiger partial charge >= 0.3 is 0 Å². The van der Waals surface area contributed by atoms with E-state index in [1.54, 1.807) is 0 Å². The second kappa shape index (κ2) is 11.2. The van der Waals surface area contributed by atoms with Crippen LogP contribution in [0.15, 0.2) is 0 Å². The molecule has 7 nitrogen and oxygen atoms in total. The Morgan fingerprint density at radius 3 is 2.65 bits per heavy atom. The molecule has 8 unspecified atom stereocenters. The molecule has 2 saturated carbocycles. The van der Waals surface area contributed by atoms with Crippen LogP contribution in [0.1, 0.15) is 58.8 Å². The minimum atomic E-state index is -0.782. The molecule has 1 amide bonds. The molecular formula is C23H41FN4O3. The van der Waals surface area contributed by atoms with Crippen LogP contribution in [0, 0.1) is 11.8 Å². The van der Waals surface area contributed by atoms with Crippen LogP contribution in [-0.4, -0.2) is 85.6 Å². The molecule has 2 aliphatic heterocycles. The molecule has 8 heteroatoms. The van der Waals surface area contributed by atoms with Crippen molar-refractivity contribution in [3.63, 3.8) is 0 Å². The summed E-state index contributed by atoms with van der Waals surface area (Å²) in [5.74, 6) is 0.658. The predicted molar refractivity (Wildman–Crippen MR) is 118 cm³/mol. The number of carbonyl (C=O) groups excluding carboxylic acids is 2. The second-order valence-corrected chi connectivity index (χ2v) is 9.89. The van der Waals surface area contributed by atoms with Gasteiger partial charge in [0.15, 0.2) is 6.29 Å². The van der Waals surface area contributed by atoms with Crippen molar-refractivity contribution in [1.82, 2.24) is 20.6 Å². The van der Waals surface area contributed by atoms with Crippen LogP contribution in [-0.2, 0) is 14.4 Å². The molecular weight excluding hydrogens is 399 g/mol. The van der Waals surface area contributed by atoms with Gasteiger partial charge in [-0.25, -0.2) is 4.39 Å². The number of fused-ring (bicyclic) bond motifs is 1. The van der Waals surface area contributed by atoms with E-state index in [1.807, 2.05) is 19.0 Å². The number of amides is 1. The maximum Gasteiger partial charge on any atom is 0.239 e. The molecule has 0 bridgehead atoms. The van der Waals surface area contributed by atoms with Crippen LogP contribution < -0.4 is 10.8 Å². The van der Waals surface area contributed by atoms with Gasteiger partial charge in [0, 0.05) is 44.2 Å². The number of nitrogens with zero attached hydrogens (tertiary/aromatic N) is 2. The van der Waals surface area contributed by atoms with Crippen molar-refractivity contribution in [2.24, 2.45) is 11.8 Å². The van der Waals surface area contributed by atoms with Gasteiger partial charge in [0.25, 0.3) is 0 Å². The number of piperazine rings is 1. The first-order valence-electron chi connectivity index (χ1n) is 12.0. The zero-order chi connectivity index (χ0) is 22.5. The maximum atomic E-state index is 13.6. The monoisotopic (exact) mass is 440 g/mol. The standard InChI is InChI=1S/C13H25N3O.C10H16FNO2/c1-10-13(17)15(3)7-8-16(10)12-6-4-5-11(9-12)14-2;1-6-2-3-9(11)8-4-7(5-13)14-12-10(6)8/h10-12,14H,4-9H2,1-3H3;5-10,12H,2-4H2,1H3. The van der Waals surface area contributed by atoms with Crippen molar-refractivity contribution >= 4 is 12.2 Å². The highest BCUT2D eigenvalue weighted by molar-refractivity contribution is 5.82. The van der Waals surface area contributed by atoms with E-state index in [0.29, 0.717) is 30.8 Å². The largest absolute Gasteiger partial charge is 0.343 e. The summed E-state index contributed by atoms with van der Waals surface area (Å²) in [5.41, 5.74) is 2.83. The Morgan fingerprint density at radius 2 is 1.94 bits per heavy atom. The molecule has 0 aromatic heterocycles. The Kier molecular flexibility index (Phi) is 8.84. The lowest BCUT2D eigenvalue weighted by molar-refractivity contribution is -0.151. The van der Waals surface area contributed by atoms with Crippen molar-refractivity contribution in [1.29, 1.82) is 0 Å². The number of alkyl halides is 1. The van der Waals surface area contributed by atoms with Gasteiger partial charge in [-0.3, -0.25) is 14.5 Å². The van der Waals surface area contributed by atoms with E-state index < -0.39 is 12.3 Å². The number of hydrogen-bond acceptors (Lipinski definition) is 6. The fourth-order valence-corrected chi connectivity index (χ4v) is 5.78. The van der Waals surface area contributed by atoms with E-state index >= 15 is 0 Å². The smallest absolute Gasteiger partial charge is 0.239 e. The molecule has 2 N–H and O–H groups in total. The Morgan fingerprint density at radius 1 is 1.16 bits per heavy atom. The summed E-state index contributed by atoms with van der Waals surface area (Å²) in [4.78, 5) is 31.9. The molecule has 0 aromatic rings. The minimum Gasteiger partial charge on any atom is -0.343 e. The fraction of sp³-hybridized carbons (Fsp3) is 0.913. The van der Waals surface area contributed by atoms with E-state index in [1.165, 1.54) is 25.7 Å². The Labute approximate surface area is 186 Å². The number of rotatable bonds is 3. The zero-order valence-corrected chi connectivity index (χ0v) is 19.6. The van der Waals surface area contributed by atoms with Crippen LogP contribution in [0.25, 0.3) is 0 Å². The van der Waals surface area contributed by atoms with E-state index in [4.69, 9.17) is 4.84 Å². The molecule has 2 aliphatic carbocycles. The first-order chi connectivity index (χ1) is 14.8. The summed E-state index contributed by atoms with van der Waals surface area (Å²) in [6.07, 6.45) is 6.53. The lowest BCUT2D eigenvalue weighted by Gasteiger charge is -2.44. The van der Waals surface area contributed by atoms with Crippen LogP contribution in [0.2, 0.25) is 0 Å². The third-order valence-corrected chi connectivity index (χ3v) is 7.90. The molecule has 4 fully saturated rings. The fourth-order valence-electron chi connectivity index (χ4n) is 5.78. The molecule has 178 valence electrons. The van der Waals surface area contributed by atoms with Gasteiger partial charge in [0.2, 0.25) is 5.91 Å². The summed E-state index contributed by atoms with van der Waals surface area (Å²) in [6, 6.07) is 1.37. The maximum absolute atomic E-state index is 13.6. The number of hydrogen-bond donors (Lipinski definition) is 2. The van der Waals surface area contributed by atoms with Crippen molar-refractivity contribution in [2.45, 2.75) is 95.2 Å². The highest BCUT2D eigenvalue weighted by atomic mass is 19.1. The van der Waals surface area contributed by atoms with Crippen LogP contribution in [0.4, 0.5) is 4.39 Å².